The molecule has 0 spiro atoms. The van der Waals surface area contributed by atoms with Crippen molar-refractivity contribution < 1.29 is 5.11 Å². The fourth-order valence-corrected chi connectivity index (χ4v) is 4.38. The molecule has 25 heavy (non-hydrogen) atoms. The Balaban J connectivity index is 2.08. The second kappa shape index (κ2) is 8.43. The van der Waals surface area contributed by atoms with Crippen molar-refractivity contribution in [2.75, 3.05) is 0 Å². The maximum absolute atomic E-state index is 9.71. The number of aromatic nitrogens is 1. The van der Waals surface area contributed by atoms with Gasteiger partial charge in [0.05, 0.1) is 17.6 Å². The molecule has 0 radical (unpaired) electrons. The molecule has 3 rings (SSSR count). The van der Waals surface area contributed by atoms with Crippen molar-refractivity contribution in [3.8, 4) is 0 Å². The number of pyridine rings is 1. The Labute approximate surface area is 165 Å². The van der Waals surface area contributed by atoms with Gasteiger partial charge in [-0.05, 0) is 48.0 Å². The summed E-state index contributed by atoms with van der Waals surface area (Å²) in [6.45, 7) is -0.0912. The highest BCUT2D eigenvalue weighted by molar-refractivity contribution is 7.99. The predicted octanol–water partition coefficient (Wildman–Crippen LogP) is 6.42. The summed E-state index contributed by atoms with van der Waals surface area (Å²) in [5, 5.41) is 11.3. The van der Waals surface area contributed by atoms with Crippen molar-refractivity contribution in [1.29, 1.82) is 0 Å². The normalized spacial score (nSPS) is 12.2. The summed E-state index contributed by atoms with van der Waals surface area (Å²) in [7, 11) is 0. The molecule has 0 fully saturated rings. The number of nitrogens with zero attached hydrogens (tertiary/aromatic N) is 1. The summed E-state index contributed by atoms with van der Waals surface area (Å²) in [5.41, 5.74) is 2.42. The first-order valence-electron chi connectivity index (χ1n) is 7.50. The van der Waals surface area contributed by atoms with Crippen molar-refractivity contribution in [3.05, 3.63) is 92.7 Å². The van der Waals surface area contributed by atoms with Gasteiger partial charge in [0, 0.05) is 31.7 Å². The van der Waals surface area contributed by atoms with Crippen molar-refractivity contribution in [3.63, 3.8) is 0 Å². The van der Waals surface area contributed by atoms with Crippen molar-refractivity contribution >= 4 is 46.6 Å². The molecule has 2 aromatic carbocycles. The predicted molar refractivity (Wildman–Crippen MR) is 106 cm³/mol. The lowest BCUT2D eigenvalue weighted by Crippen LogP contribution is -2.05. The third kappa shape index (κ3) is 4.49. The van der Waals surface area contributed by atoms with Gasteiger partial charge in [0.15, 0.2) is 0 Å². The second-order valence-corrected chi connectivity index (χ2v) is 7.78. The summed E-state index contributed by atoms with van der Waals surface area (Å²) in [5.74, 6) is 0. The molecule has 1 heterocycles. The fourth-order valence-electron chi connectivity index (χ4n) is 2.45. The van der Waals surface area contributed by atoms with E-state index in [1.165, 1.54) is 0 Å². The maximum Gasteiger partial charge on any atom is 0.0784 e. The van der Waals surface area contributed by atoms with E-state index in [9.17, 15) is 5.11 Å². The lowest BCUT2D eigenvalue weighted by atomic mass is 10.0. The summed E-state index contributed by atoms with van der Waals surface area (Å²) < 4.78 is 0. The van der Waals surface area contributed by atoms with Crippen LogP contribution >= 0.6 is 46.6 Å². The minimum Gasteiger partial charge on any atom is -0.392 e. The standard InChI is InChI=1S/C19H14Cl3NOS/c20-13-3-6-15(7-4-13)25-19(16-8-5-14(21)10-17(16)22)18-12(11-24)2-1-9-23-18/h1-10,19,24H,11H2. The Morgan fingerprint density at radius 2 is 1.68 bits per heavy atom. The third-order valence-corrected chi connectivity index (χ3v) is 5.73. The number of benzene rings is 2. The summed E-state index contributed by atoms with van der Waals surface area (Å²) in [4.78, 5) is 5.53. The number of aliphatic hydroxyl groups is 1. The van der Waals surface area contributed by atoms with Gasteiger partial charge >= 0.3 is 0 Å². The highest BCUT2D eigenvalue weighted by atomic mass is 35.5. The van der Waals surface area contributed by atoms with Crippen LogP contribution in [0.25, 0.3) is 0 Å². The van der Waals surface area contributed by atoms with Crippen LogP contribution in [-0.4, -0.2) is 10.1 Å². The van der Waals surface area contributed by atoms with E-state index in [1.54, 1.807) is 30.1 Å². The van der Waals surface area contributed by atoms with E-state index in [-0.39, 0.29) is 11.9 Å². The van der Waals surface area contributed by atoms with E-state index in [0.717, 1.165) is 21.7 Å². The van der Waals surface area contributed by atoms with E-state index in [4.69, 9.17) is 34.8 Å². The third-order valence-electron chi connectivity index (χ3n) is 3.66. The molecule has 0 aliphatic rings. The Bertz CT molecular complexity index is 871. The van der Waals surface area contributed by atoms with Crippen LogP contribution in [0, 0.1) is 0 Å². The number of hydrogen-bond acceptors (Lipinski definition) is 3. The summed E-state index contributed by atoms with van der Waals surface area (Å²) >= 11 is 20.1. The first-order valence-corrected chi connectivity index (χ1v) is 9.51. The van der Waals surface area contributed by atoms with Gasteiger partial charge < -0.3 is 5.11 Å². The zero-order valence-electron chi connectivity index (χ0n) is 13.0. The van der Waals surface area contributed by atoms with E-state index in [2.05, 4.69) is 4.98 Å². The Morgan fingerprint density at radius 1 is 0.960 bits per heavy atom. The molecule has 0 aliphatic carbocycles. The molecular formula is C19H14Cl3NOS. The topological polar surface area (TPSA) is 33.1 Å². The van der Waals surface area contributed by atoms with Gasteiger partial charge in [-0.2, -0.15) is 0 Å². The SMILES string of the molecule is OCc1cccnc1C(Sc1ccc(Cl)cc1)c1ccc(Cl)cc1Cl. The van der Waals surface area contributed by atoms with Crippen LogP contribution in [0.1, 0.15) is 22.1 Å². The molecule has 1 unspecified atom stereocenters. The molecular weight excluding hydrogens is 397 g/mol. The van der Waals surface area contributed by atoms with E-state index >= 15 is 0 Å². The highest BCUT2D eigenvalue weighted by Crippen LogP contribution is 2.44. The summed E-state index contributed by atoms with van der Waals surface area (Å²) in [6, 6.07) is 16.7. The molecule has 128 valence electrons. The van der Waals surface area contributed by atoms with Crippen LogP contribution in [0.2, 0.25) is 15.1 Å². The molecule has 0 bridgehead atoms. The highest BCUT2D eigenvalue weighted by Gasteiger charge is 2.22. The first kappa shape index (κ1) is 18.6. The first-order chi connectivity index (χ1) is 12.1. The number of hydrogen-bond donors (Lipinski definition) is 1. The van der Waals surface area contributed by atoms with Crippen LogP contribution in [0.3, 0.4) is 0 Å². The van der Waals surface area contributed by atoms with Crippen molar-refractivity contribution in [2.45, 2.75) is 16.8 Å². The van der Waals surface area contributed by atoms with Crippen LogP contribution in [-0.2, 0) is 6.61 Å². The molecule has 1 aromatic heterocycles. The zero-order chi connectivity index (χ0) is 17.8. The van der Waals surface area contributed by atoms with Gasteiger partial charge in [0.25, 0.3) is 0 Å². The molecule has 6 heteroatoms. The molecule has 1 atom stereocenters. The van der Waals surface area contributed by atoms with Crippen LogP contribution < -0.4 is 0 Å². The minimum atomic E-state index is -0.186. The molecule has 0 aliphatic heterocycles. The van der Waals surface area contributed by atoms with Crippen molar-refractivity contribution in [2.24, 2.45) is 0 Å². The van der Waals surface area contributed by atoms with Gasteiger partial charge in [-0.25, -0.2) is 0 Å². The lowest BCUT2D eigenvalue weighted by Gasteiger charge is -2.20. The summed E-state index contributed by atoms with van der Waals surface area (Å²) in [6.07, 6.45) is 1.72. The molecule has 0 saturated carbocycles. The fraction of sp³-hybridized carbons (Fsp3) is 0.105. The number of aliphatic hydroxyl groups excluding tert-OH is 1. The average Bonchev–Trinajstić information content (AvgIpc) is 2.62. The van der Waals surface area contributed by atoms with E-state index in [0.29, 0.717) is 15.1 Å². The second-order valence-electron chi connectivity index (χ2n) is 5.32. The van der Waals surface area contributed by atoms with Gasteiger partial charge in [0.2, 0.25) is 0 Å². The maximum atomic E-state index is 9.71. The smallest absolute Gasteiger partial charge is 0.0784 e. The number of thioether (sulfide) groups is 1. The molecule has 1 N–H and O–H groups in total. The molecule has 0 amide bonds. The van der Waals surface area contributed by atoms with E-state index < -0.39 is 0 Å². The lowest BCUT2D eigenvalue weighted by molar-refractivity contribution is 0.280. The molecule has 2 nitrogen and oxygen atoms in total. The minimum absolute atomic E-state index is 0.0912. The average molecular weight is 411 g/mol. The zero-order valence-corrected chi connectivity index (χ0v) is 16.1. The van der Waals surface area contributed by atoms with Gasteiger partial charge in [-0.15, -0.1) is 11.8 Å². The Hall–Kier alpha value is -1.23. The quantitative estimate of drug-likeness (QED) is 0.493. The van der Waals surface area contributed by atoms with Gasteiger partial charge in [-0.1, -0.05) is 46.9 Å². The van der Waals surface area contributed by atoms with Crippen LogP contribution in [0.15, 0.2) is 65.7 Å². The Kier molecular flexibility index (Phi) is 6.26. The Morgan fingerprint density at radius 3 is 2.36 bits per heavy atom. The van der Waals surface area contributed by atoms with Gasteiger partial charge in [-0.3, -0.25) is 4.98 Å². The molecule has 3 aromatic rings. The number of halogens is 3. The van der Waals surface area contributed by atoms with Gasteiger partial charge in [0.1, 0.15) is 0 Å². The largest absolute Gasteiger partial charge is 0.392 e. The van der Waals surface area contributed by atoms with Crippen LogP contribution in [0.4, 0.5) is 0 Å². The monoisotopic (exact) mass is 409 g/mol. The van der Waals surface area contributed by atoms with Crippen molar-refractivity contribution in [1.82, 2.24) is 4.98 Å². The van der Waals surface area contributed by atoms with Crippen LogP contribution in [0.5, 0.6) is 0 Å². The molecule has 0 saturated heterocycles. The number of rotatable bonds is 5. The van der Waals surface area contributed by atoms with E-state index in [1.807, 2.05) is 42.5 Å².